The van der Waals surface area contributed by atoms with Crippen molar-refractivity contribution in [2.75, 3.05) is 38.2 Å². The molecule has 3 aromatic rings. The third-order valence-electron chi connectivity index (χ3n) is 6.60. The molecule has 1 N–H and O–H groups in total. The van der Waals surface area contributed by atoms with Gasteiger partial charge in [0.25, 0.3) is 0 Å². The maximum atomic E-state index is 14.2. The number of ketones is 1. The van der Waals surface area contributed by atoms with Crippen molar-refractivity contribution in [2.24, 2.45) is 0 Å². The van der Waals surface area contributed by atoms with E-state index in [1.807, 2.05) is 12.1 Å². The number of nitrogens with zero attached hydrogens (tertiary/aromatic N) is 2. The zero-order chi connectivity index (χ0) is 24.5. The van der Waals surface area contributed by atoms with Crippen LogP contribution >= 0.6 is 0 Å². The molecule has 0 spiro atoms. The topological polar surface area (TPSA) is 62.2 Å². The van der Waals surface area contributed by atoms with Crippen LogP contribution in [0.25, 0.3) is 6.08 Å². The number of carbonyl (C=O) groups is 1. The van der Waals surface area contributed by atoms with E-state index in [0.717, 1.165) is 37.6 Å². The fourth-order valence-electron chi connectivity index (χ4n) is 4.65. The number of aryl methyl sites for hydroxylation is 1. The highest BCUT2D eigenvalue weighted by Gasteiger charge is 2.34. The lowest BCUT2D eigenvalue weighted by Crippen LogP contribution is -2.46. The normalized spacial score (nSPS) is 16.9. The Hall–Kier alpha value is -3.84. The molecule has 2 aliphatic heterocycles. The zero-order valence-corrected chi connectivity index (χ0v) is 19.8. The third-order valence-corrected chi connectivity index (χ3v) is 6.60. The minimum absolute atomic E-state index is 0.0596. The number of halogens is 1. The van der Waals surface area contributed by atoms with E-state index >= 15 is 0 Å². The number of piperazine rings is 1. The molecule has 0 aliphatic carbocycles. The van der Waals surface area contributed by atoms with Crippen LogP contribution in [0.4, 0.5) is 10.1 Å². The standard InChI is InChI=1S/C28H27FN2O4/c1-18-15-24(32)22(17-30-11-13-31(14-12-30)20-7-9-21(34-2)10-8-20)28-26(18)27(33)25(35-28)16-19-5-3-4-6-23(19)29/h3-10,15-16,32H,11-14,17H2,1-2H3/b25-16-. The van der Waals surface area contributed by atoms with Crippen LogP contribution in [0.2, 0.25) is 0 Å². The van der Waals surface area contributed by atoms with Gasteiger partial charge in [0.05, 0.1) is 18.2 Å². The summed E-state index contributed by atoms with van der Waals surface area (Å²) in [7, 11) is 1.65. The molecule has 1 fully saturated rings. The highest BCUT2D eigenvalue weighted by molar-refractivity contribution is 6.15. The van der Waals surface area contributed by atoms with Gasteiger partial charge >= 0.3 is 0 Å². The monoisotopic (exact) mass is 474 g/mol. The molecular weight excluding hydrogens is 447 g/mol. The molecule has 2 aliphatic rings. The number of aromatic hydroxyl groups is 1. The molecule has 0 bridgehead atoms. The number of Topliss-reactive ketones (excluding diaryl/α,β-unsaturated/α-hetero) is 1. The van der Waals surface area contributed by atoms with Crippen molar-refractivity contribution in [1.29, 1.82) is 0 Å². The molecule has 2 heterocycles. The van der Waals surface area contributed by atoms with E-state index in [1.54, 1.807) is 38.3 Å². The van der Waals surface area contributed by atoms with Crippen molar-refractivity contribution in [2.45, 2.75) is 13.5 Å². The molecule has 1 saturated heterocycles. The Morgan fingerprint density at radius 3 is 2.49 bits per heavy atom. The van der Waals surface area contributed by atoms with Gasteiger partial charge in [-0.15, -0.1) is 0 Å². The van der Waals surface area contributed by atoms with Crippen LogP contribution in [0, 0.1) is 12.7 Å². The summed E-state index contributed by atoms with van der Waals surface area (Å²) in [5.74, 6) is 0.623. The minimum atomic E-state index is -0.429. The first kappa shape index (κ1) is 22.9. The lowest BCUT2D eigenvalue weighted by Gasteiger charge is -2.36. The van der Waals surface area contributed by atoms with E-state index in [4.69, 9.17) is 9.47 Å². The number of anilines is 1. The first-order valence-electron chi connectivity index (χ1n) is 11.6. The number of methoxy groups -OCH3 is 1. The van der Waals surface area contributed by atoms with Crippen LogP contribution < -0.4 is 14.4 Å². The summed E-state index contributed by atoms with van der Waals surface area (Å²) in [5, 5.41) is 10.8. The van der Waals surface area contributed by atoms with Crippen LogP contribution in [0.15, 0.2) is 60.4 Å². The molecule has 0 saturated carbocycles. The summed E-state index contributed by atoms with van der Waals surface area (Å²) in [4.78, 5) is 17.7. The van der Waals surface area contributed by atoms with E-state index in [2.05, 4.69) is 21.9 Å². The Morgan fingerprint density at radius 2 is 1.80 bits per heavy atom. The molecule has 180 valence electrons. The molecule has 0 atom stereocenters. The van der Waals surface area contributed by atoms with Crippen LogP contribution in [-0.4, -0.2) is 49.1 Å². The van der Waals surface area contributed by atoms with Gasteiger partial charge in [-0.25, -0.2) is 4.39 Å². The Labute approximate surface area is 203 Å². The van der Waals surface area contributed by atoms with Crippen molar-refractivity contribution in [3.63, 3.8) is 0 Å². The molecule has 7 heteroatoms. The number of allylic oxidation sites excluding steroid dienone is 1. The van der Waals surface area contributed by atoms with Crippen molar-refractivity contribution < 1.29 is 23.8 Å². The number of carbonyl (C=O) groups excluding carboxylic acids is 1. The first-order chi connectivity index (χ1) is 16.9. The van der Waals surface area contributed by atoms with Gasteiger partial charge in [-0.3, -0.25) is 9.69 Å². The van der Waals surface area contributed by atoms with Crippen molar-refractivity contribution in [3.05, 3.63) is 88.4 Å². The molecule has 0 unspecified atom stereocenters. The number of phenolic OH excluding ortho intramolecular Hbond substituents is 1. The predicted molar refractivity (Wildman–Crippen MR) is 133 cm³/mol. The molecule has 0 aromatic heterocycles. The van der Waals surface area contributed by atoms with Gasteiger partial charge in [-0.1, -0.05) is 18.2 Å². The van der Waals surface area contributed by atoms with E-state index in [1.165, 1.54) is 12.1 Å². The predicted octanol–water partition coefficient (Wildman–Crippen LogP) is 4.79. The van der Waals surface area contributed by atoms with Crippen LogP contribution in [0.5, 0.6) is 17.2 Å². The lowest BCUT2D eigenvalue weighted by atomic mass is 9.99. The highest BCUT2D eigenvalue weighted by atomic mass is 19.1. The van der Waals surface area contributed by atoms with Gasteiger partial charge in [0.15, 0.2) is 5.76 Å². The quantitative estimate of drug-likeness (QED) is 0.537. The highest BCUT2D eigenvalue weighted by Crippen LogP contribution is 2.42. The minimum Gasteiger partial charge on any atom is -0.507 e. The second-order valence-corrected chi connectivity index (χ2v) is 8.82. The second-order valence-electron chi connectivity index (χ2n) is 8.82. The van der Waals surface area contributed by atoms with Crippen LogP contribution in [0.1, 0.15) is 27.0 Å². The van der Waals surface area contributed by atoms with Crippen LogP contribution in [0.3, 0.4) is 0 Å². The molecule has 6 nitrogen and oxygen atoms in total. The van der Waals surface area contributed by atoms with E-state index in [0.29, 0.717) is 29.0 Å². The van der Waals surface area contributed by atoms with Gasteiger partial charge in [-0.2, -0.15) is 0 Å². The largest absolute Gasteiger partial charge is 0.507 e. The molecular formula is C28H27FN2O4. The molecule has 0 amide bonds. The number of phenols is 1. The lowest BCUT2D eigenvalue weighted by molar-refractivity contribution is 0.101. The maximum absolute atomic E-state index is 14.2. The molecule has 3 aromatic carbocycles. The van der Waals surface area contributed by atoms with E-state index in [-0.39, 0.29) is 22.9 Å². The fraction of sp³-hybridized carbons (Fsp3) is 0.250. The molecule has 5 rings (SSSR count). The number of rotatable bonds is 5. The Bertz CT molecular complexity index is 1300. The number of ether oxygens (including phenoxy) is 2. The summed E-state index contributed by atoms with van der Waals surface area (Å²) in [5.41, 5.74) is 3.06. The van der Waals surface area contributed by atoms with Gasteiger partial charge in [0.1, 0.15) is 23.1 Å². The third kappa shape index (κ3) is 4.47. The van der Waals surface area contributed by atoms with Crippen LogP contribution in [-0.2, 0) is 6.54 Å². The molecule has 35 heavy (non-hydrogen) atoms. The SMILES string of the molecule is COc1ccc(N2CCN(Cc3c(O)cc(C)c4c3O/C(=C\c3ccccc3F)C4=O)CC2)cc1. The van der Waals surface area contributed by atoms with Crippen molar-refractivity contribution in [3.8, 4) is 17.2 Å². The van der Waals surface area contributed by atoms with E-state index in [9.17, 15) is 14.3 Å². The second kappa shape index (κ2) is 9.43. The van der Waals surface area contributed by atoms with Crippen molar-refractivity contribution >= 4 is 17.5 Å². The average molecular weight is 475 g/mol. The Morgan fingerprint density at radius 1 is 1.09 bits per heavy atom. The van der Waals surface area contributed by atoms with Gasteiger partial charge in [0.2, 0.25) is 5.78 Å². The summed E-state index contributed by atoms with van der Waals surface area (Å²) >= 11 is 0. The number of hydrogen-bond acceptors (Lipinski definition) is 6. The van der Waals surface area contributed by atoms with Gasteiger partial charge in [0, 0.05) is 44.0 Å². The summed E-state index contributed by atoms with van der Waals surface area (Å²) in [6.07, 6.45) is 1.42. The Kier molecular flexibility index (Phi) is 6.17. The van der Waals surface area contributed by atoms with E-state index < -0.39 is 5.82 Å². The molecule has 0 radical (unpaired) electrons. The fourth-order valence-corrected chi connectivity index (χ4v) is 4.65. The number of benzene rings is 3. The number of hydrogen-bond donors (Lipinski definition) is 1. The van der Waals surface area contributed by atoms with Gasteiger partial charge < -0.3 is 19.5 Å². The number of fused-ring (bicyclic) bond motifs is 1. The average Bonchev–Trinajstić information content (AvgIpc) is 3.20. The summed E-state index contributed by atoms with van der Waals surface area (Å²) in [6, 6.07) is 15.9. The zero-order valence-electron chi connectivity index (χ0n) is 19.8. The Balaban J connectivity index is 1.34. The van der Waals surface area contributed by atoms with Crippen molar-refractivity contribution in [1.82, 2.24) is 4.90 Å². The maximum Gasteiger partial charge on any atom is 0.232 e. The van der Waals surface area contributed by atoms with Gasteiger partial charge in [-0.05, 0) is 55.0 Å². The first-order valence-corrected chi connectivity index (χ1v) is 11.6. The summed E-state index contributed by atoms with van der Waals surface area (Å²) < 4.78 is 25.4. The summed E-state index contributed by atoms with van der Waals surface area (Å²) in [6.45, 7) is 5.47. The smallest absolute Gasteiger partial charge is 0.232 e.